The van der Waals surface area contributed by atoms with Gasteiger partial charge in [0, 0.05) is 28.6 Å². The van der Waals surface area contributed by atoms with Gasteiger partial charge in [0.15, 0.2) is 0 Å². The van der Waals surface area contributed by atoms with Crippen molar-refractivity contribution < 1.29 is 23.0 Å². The molecular weight excluding hydrogens is 723 g/mol. The van der Waals surface area contributed by atoms with Crippen LogP contribution < -0.4 is 9.30 Å². The number of rotatable bonds is 7. The summed E-state index contributed by atoms with van der Waals surface area (Å²) in [5.41, 5.74) is 4.63. The second-order valence-electron chi connectivity index (χ2n) is 15.1. The molecule has 0 fully saturated rings. The molecule has 3 aromatic heterocycles. The maximum atomic E-state index is 10.1. The second-order valence-corrected chi connectivity index (χ2v) is 15.1. The summed E-state index contributed by atoms with van der Waals surface area (Å²) in [7, 11) is 0. The van der Waals surface area contributed by atoms with E-state index in [1.54, 1.807) is 57.7 Å². The summed E-state index contributed by atoms with van der Waals surface area (Å²) in [4.78, 5) is 4.81. The molecule has 0 aliphatic carbocycles. The van der Waals surface area contributed by atoms with Gasteiger partial charge in [0.2, 0.25) is 0 Å². The summed E-state index contributed by atoms with van der Waals surface area (Å²) in [6, 6.07) is 31.7. The molecule has 0 saturated heterocycles. The zero-order valence-corrected chi connectivity index (χ0v) is 32.2. The second kappa shape index (κ2) is 14.3. The van der Waals surface area contributed by atoms with E-state index in [4.69, 9.17) is 23.4 Å². The molecule has 0 radical (unpaired) electrons. The van der Waals surface area contributed by atoms with Crippen LogP contribution in [0.2, 0.25) is 0 Å². The Bertz CT molecular complexity index is 3700. The molecule has 0 spiro atoms. The topological polar surface area (TPSA) is 59.6 Å². The summed E-state index contributed by atoms with van der Waals surface area (Å²) in [6.45, 7) is 6.50. The third-order valence-electron chi connectivity index (χ3n) is 10.4. The molecule has 0 aliphatic rings. The van der Waals surface area contributed by atoms with E-state index >= 15 is 0 Å². The van der Waals surface area contributed by atoms with Crippen LogP contribution in [0.3, 0.4) is 0 Å². The van der Waals surface area contributed by atoms with Crippen LogP contribution in [0.15, 0.2) is 182 Å². The first-order chi connectivity index (χ1) is 33.0. The van der Waals surface area contributed by atoms with Crippen LogP contribution in [0.25, 0.3) is 72.3 Å². The Balaban J connectivity index is 1.17. The van der Waals surface area contributed by atoms with E-state index in [-0.39, 0.29) is 33.4 Å². The van der Waals surface area contributed by atoms with E-state index in [9.17, 15) is 5.26 Å². The van der Waals surface area contributed by atoms with Crippen molar-refractivity contribution in [1.29, 1.82) is 5.26 Å². The van der Waals surface area contributed by atoms with Gasteiger partial charge in [-0.05, 0) is 93.9 Å². The first-order valence-electron chi connectivity index (χ1n) is 23.9. The van der Waals surface area contributed by atoms with E-state index in [2.05, 4.69) is 55.9 Å². The van der Waals surface area contributed by atoms with Gasteiger partial charge >= 0.3 is 0 Å². The van der Waals surface area contributed by atoms with Crippen LogP contribution >= 0.6 is 0 Å². The summed E-state index contributed by atoms with van der Waals surface area (Å²) in [5, 5.41) is 12.2. The highest BCUT2D eigenvalue weighted by molar-refractivity contribution is 6.09. The summed E-state index contributed by atoms with van der Waals surface area (Å²) >= 11 is 0. The van der Waals surface area contributed by atoms with Crippen molar-refractivity contribution in [3.8, 4) is 57.0 Å². The molecule has 282 valence electrons. The highest BCUT2D eigenvalue weighted by atomic mass is 16.5. The maximum Gasteiger partial charge on any atom is 0.269 e. The first kappa shape index (κ1) is 26.2. The fourth-order valence-corrected chi connectivity index (χ4v) is 7.58. The zero-order chi connectivity index (χ0) is 48.8. The molecule has 0 unspecified atom stereocenters. The molecule has 0 atom stereocenters. The number of aromatic nitrogens is 4. The lowest BCUT2D eigenvalue weighted by atomic mass is 9.88. The maximum absolute atomic E-state index is 10.1. The number of pyridine rings is 1. The fourth-order valence-electron chi connectivity index (χ4n) is 7.58. The van der Waals surface area contributed by atoms with E-state index in [1.165, 1.54) is 0 Å². The molecule has 0 bridgehead atoms. The van der Waals surface area contributed by atoms with Crippen molar-refractivity contribution in [2.75, 3.05) is 0 Å². The van der Waals surface area contributed by atoms with Crippen molar-refractivity contribution >= 4 is 32.8 Å². The van der Waals surface area contributed by atoms with Gasteiger partial charge in [-0.15, -0.1) is 0 Å². The van der Waals surface area contributed by atoms with Crippen LogP contribution in [0.1, 0.15) is 45.6 Å². The van der Waals surface area contributed by atoms with Crippen molar-refractivity contribution in [2.24, 2.45) is 0 Å². The lowest BCUT2D eigenvalue weighted by Gasteiger charge is -2.20. The summed E-state index contributed by atoms with van der Waals surface area (Å²) < 4.78 is 98.9. The minimum absolute atomic E-state index is 0.103. The molecule has 59 heavy (non-hydrogen) atoms. The van der Waals surface area contributed by atoms with Crippen LogP contribution in [-0.4, -0.2) is 14.1 Å². The molecule has 0 amide bonds. The standard InChI is InChI=1S/C53H39N5O/c1-53(2,3)39-28-29-55-51(31-39)58-47-23-11-10-20-45(47)46-26-25-42(33-49(46)58)59-41-19-12-18-40(32-41)56-35-57(48-27-24-36(34-54)30-50(48)56)52-43(37-14-6-4-7-15-37)21-13-22-44(52)38-16-8-5-9-17-38/h4-33H,1-3H3/i4D,5D,6D,7D,8D,9D,14D,15D,16D,17D. The Labute approximate surface area is 357 Å². The van der Waals surface area contributed by atoms with Gasteiger partial charge in [-0.1, -0.05) is 130 Å². The first-order valence-corrected chi connectivity index (χ1v) is 18.9. The normalized spacial score (nSPS) is 14.0. The number of fused-ring (bicyclic) bond motifs is 4. The van der Waals surface area contributed by atoms with Crippen LogP contribution in [0.5, 0.6) is 11.5 Å². The summed E-state index contributed by atoms with van der Waals surface area (Å²) in [6.07, 6.45) is 5.21. The predicted octanol–water partition coefficient (Wildman–Crippen LogP) is 12.5. The fraction of sp³-hybridized carbons (Fsp3) is 0.0755. The van der Waals surface area contributed by atoms with Crippen molar-refractivity contribution in [3.63, 3.8) is 0 Å². The third-order valence-corrected chi connectivity index (χ3v) is 10.4. The number of imidazole rings is 1. The molecular formula is C53H39N5O. The number of hydrogen-bond acceptors (Lipinski definition) is 3. The average Bonchev–Trinajstić information content (AvgIpc) is 3.89. The lowest BCUT2D eigenvalue weighted by Crippen LogP contribution is -2.31. The molecule has 0 N–H and O–H groups in total. The van der Waals surface area contributed by atoms with Crippen LogP contribution in [0.4, 0.5) is 0 Å². The number of benzene rings is 7. The van der Waals surface area contributed by atoms with Crippen molar-refractivity contribution in [1.82, 2.24) is 14.1 Å². The highest BCUT2D eigenvalue weighted by Crippen LogP contribution is 2.37. The molecule has 10 aromatic rings. The number of hydrogen-bond donors (Lipinski definition) is 0. The molecule has 0 aliphatic heterocycles. The Morgan fingerprint density at radius 1 is 0.678 bits per heavy atom. The van der Waals surface area contributed by atoms with Gasteiger partial charge in [-0.2, -0.15) is 5.26 Å². The van der Waals surface area contributed by atoms with E-state index in [1.807, 2.05) is 54.7 Å². The lowest BCUT2D eigenvalue weighted by molar-refractivity contribution is -0.571. The minimum Gasteiger partial charge on any atom is -0.458 e. The minimum atomic E-state index is -0.593. The molecule has 0 saturated carbocycles. The van der Waals surface area contributed by atoms with E-state index in [0.717, 1.165) is 33.2 Å². The van der Waals surface area contributed by atoms with Crippen LogP contribution in [0, 0.1) is 17.7 Å². The molecule has 6 heteroatoms. The quantitative estimate of drug-likeness (QED) is 0.120. The molecule has 3 heterocycles. The van der Waals surface area contributed by atoms with Crippen LogP contribution in [-0.2, 0) is 5.41 Å². The smallest absolute Gasteiger partial charge is 0.269 e. The van der Waals surface area contributed by atoms with E-state index in [0.29, 0.717) is 33.8 Å². The SMILES string of the molecule is [2H]c1c([2H])c([2H])c(-c2cccc(-c3c([2H])c([2H])c([2H])c([2H])c3[2H])c2-[n+]2[c-]n(-c3cccc(Oc4ccc5c6ccccc6n(-c6cc(C(C)(C)C)ccn6)c5c4)c3)c3cc(C#N)ccc32)c([2H])c1[2H]. The highest BCUT2D eigenvalue weighted by Gasteiger charge is 2.21. The van der Waals surface area contributed by atoms with Gasteiger partial charge in [-0.3, -0.25) is 13.7 Å². The Morgan fingerprint density at radius 3 is 2.10 bits per heavy atom. The van der Waals surface area contributed by atoms with Crippen molar-refractivity contribution in [3.05, 3.63) is 199 Å². The third kappa shape index (κ3) is 6.40. The predicted molar refractivity (Wildman–Crippen MR) is 237 cm³/mol. The average molecular weight is 772 g/mol. The monoisotopic (exact) mass is 771 g/mol. The van der Waals surface area contributed by atoms with Crippen molar-refractivity contribution in [2.45, 2.75) is 26.2 Å². The molecule has 6 nitrogen and oxygen atoms in total. The Morgan fingerprint density at radius 2 is 1.37 bits per heavy atom. The Kier molecular flexibility index (Phi) is 6.37. The molecule has 7 aromatic carbocycles. The number of ether oxygens (including phenoxy) is 1. The van der Waals surface area contributed by atoms with Gasteiger partial charge in [-0.25, -0.2) is 4.98 Å². The largest absolute Gasteiger partial charge is 0.458 e. The number of nitrogens with zero attached hydrogens (tertiary/aromatic N) is 5. The summed E-state index contributed by atoms with van der Waals surface area (Å²) in [5.74, 6) is 1.78. The van der Waals surface area contributed by atoms with Gasteiger partial charge < -0.3 is 4.74 Å². The molecule has 10 rings (SSSR count). The van der Waals surface area contributed by atoms with Gasteiger partial charge in [0.1, 0.15) is 17.3 Å². The van der Waals surface area contributed by atoms with Gasteiger partial charge in [0.25, 0.3) is 6.33 Å². The van der Waals surface area contributed by atoms with Gasteiger partial charge in [0.05, 0.1) is 53.2 Å². The zero-order valence-electron chi connectivity index (χ0n) is 42.2. The number of nitriles is 1. The number of para-hydroxylation sites is 2. The Hall–Kier alpha value is -7.75. The van der Waals surface area contributed by atoms with E-state index < -0.39 is 60.4 Å².